The molecule has 0 fully saturated rings. The number of hydrogen-bond acceptors (Lipinski definition) is 3. The van der Waals surface area contributed by atoms with Crippen LogP contribution in [0.5, 0.6) is 11.5 Å². The summed E-state index contributed by atoms with van der Waals surface area (Å²) in [5.41, 5.74) is 3.64. The van der Waals surface area contributed by atoms with Crippen LogP contribution in [0.4, 0.5) is 4.79 Å². The maximum atomic E-state index is 12.7. The molecule has 1 heterocycles. The first-order valence-corrected chi connectivity index (χ1v) is 9.47. The maximum absolute atomic E-state index is 12.7. The third-order valence-corrected chi connectivity index (χ3v) is 5.21. The van der Waals surface area contributed by atoms with Crippen molar-refractivity contribution in [1.82, 2.24) is 10.2 Å². The molecule has 5 nitrogen and oxygen atoms in total. The Hall–Kier alpha value is -2.69. The molecular weight excluding hydrogens is 340 g/mol. The maximum Gasteiger partial charge on any atom is 0.317 e. The van der Waals surface area contributed by atoms with Crippen LogP contribution in [0, 0.1) is 0 Å². The van der Waals surface area contributed by atoms with E-state index in [4.69, 9.17) is 9.47 Å². The van der Waals surface area contributed by atoms with Crippen molar-refractivity contribution in [1.29, 1.82) is 0 Å². The number of nitrogens with zero attached hydrogens (tertiary/aromatic N) is 1. The van der Waals surface area contributed by atoms with Gasteiger partial charge in [-0.2, -0.15) is 0 Å². The summed E-state index contributed by atoms with van der Waals surface area (Å²) in [6, 6.07) is 14.4. The van der Waals surface area contributed by atoms with E-state index in [1.165, 1.54) is 11.1 Å². The van der Waals surface area contributed by atoms with Crippen LogP contribution in [-0.2, 0) is 12.8 Å². The Morgan fingerprint density at radius 2 is 1.85 bits per heavy atom. The molecule has 2 amide bonds. The van der Waals surface area contributed by atoms with Gasteiger partial charge in [0.1, 0.15) is 0 Å². The van der Waals surface area contributed by atoms with Crippen LogP contribution in [0.2, 0.25) is 0 Å². The zero-order chi connectivity index (χ0) is 19.2. The van der Waals surface area contributed by atoms with Gasteiger partial charge >= 0.3 is 6.03 Å². The minimum Gasteiger partial charge on any atom is -0.493 e. The van der Waals surface area contributed by atoms with E-state index in [1.54, 1.807) is 14.2 Å². The second-order valence-electron chi connectivity index (χ2n) is 6.85. The summed E-state index contributed by atoms with van der Waals surface area (Å²) in [4.78, 5) is 14.6. The molecule has 1 atom stereocenters. The fraction of sp³-hybridized carbons (Fsp3) is 0.409. The molecule has 5 heteroatoms. The van der Waals surface area contributed by atoms with E-state index < -0.39 is 0 Å². The van der Waals surface area contributed by atoms with Crippen molar-refractivity contribution in [2.75, 3.05) is 27.3 Å². The lowest BCUT2D eigenvalue weighted by Gasteiger charge is -2.35. The minimum absolute atomic E-state index is 0.00248. The fourth-order valence-corrected chi connectivity index (χ4v) is 3.66. The largest absolute Gasteiger partial charge is 0.493 e. The SMILES string of the molecule is COc1cc2c(cc1OC)C(C)N(C(=O)NCCCc1ccccc1)CC2. The van der Waals surface area contributed by atoms with Crippen molar-refractivity contribution in [2.45, 2.75) is 32.2 Å². The highest BCUT2D eigenvalue weighted by atomic mass is 16.5. The number of urea groups is 1. The highest BCUT2D eigenvalue weighted by Gasteiger charge is 2.28. The molecule has 1 N–H and O–H groups in total. The van der Waals surface area contributed by atoms with Crippen molar-refractivity contribution in [3.05, 3.63) is 59.2 Å². The standard InChI is InChI=1S/C22H28N2O3/c1-16-19-15-21(27-3)20(26-2)14-18(19)11-13-24(16)22(25)23-12-7-10-17-8-5-4-6-9-17/h4-6,8-9,14-16H,7,10-13H2,1-3H3,(H,23,25). The summed E-state index contributed by atoms with van der Waals surface area (Å²) in [5, 5.41) is 3.07. The lowest BCUT2D eigenvalue weighted by Crippen LogP contribution is -2.45. The molecular formula is C22H28N2O3. The number of methoxy groups -OCH3 is 2. The lowest BCUT2D eigenvalue weighted by atomic mass is 9.93. The molecule has 27 heavy (non-hydrogen) atoms. The molecule has 1 aliphatic rings. The normalized spacial score (nSPS) is 15.8. The fourth-order valence-electron chi connectivity index (χ4n) is 3.66. The zero-order valence-electron chi connectivity index (χ0n) is 16.3. The van der Waals surface area contributed by atoms with Crippen molar-refractivity contribution in [3.63, 3.8) is 0 Å². The highest BCUT2D eigenvalue weighted by Crippen LogP contribution is 2.37. The van der Waals surface area contributed by atoms with E-state index in [1.807, 2.05) is 35.2 Å². The predicted octanol–water partition coefficient (Wildman–Crippen LogP) is 3.97. The summed E-state index contributed by atoms with van der Waals surface area (Å²) in [7, 11) is 3.28. The lowest BCUT2D eigenvalue weighted by molar-refractivity contribution is 0.174. The molecule has 1 aliphatic heterocycles. The van der Waals surface area contributed by atoms with Gasteiger partial charge in [-0.15, -0.1) is 0 Å². The number of hydrogen-bond donors (Lipinski definition) is 1. The summed E-state index contributed by atoms with van der Waals surface area (Å²) in [5.74, 6) is 1.44. The van der Waals surface area contributed by atoms with Gasteiger partial charge in [-0.25, -0.2) is 4.79 Å². The van der Waals surface area contributed by atoms with Crippen LogP contribution in [-0.4, -0.2) is 38.2 Å². The molecule has 0 aromatic heterocycles. The quantitative estimate of drug-likeness (QED) is 0.785. The molecule has 1 unspecified atom stereocenters. The molecule has 0 aliphatic carbocycles. The average molecular weight is 368 g/mol. The van der Waals surface area contributed by atoms with Crippen molar-refractivity contribution in [2.24, 2.45) is 0 Å². The first kappa shape index (κ1) is 19.1. The molecule has 0 bridgehead atoms. The van der Waals surface area contributed by atoms with Crippen LogP contribution in [0.1, 0.15) is 36.1 Å². The molecule has 2 aromatic carbocycles. The van der Waals surface area contributed by atoms with Crippen molar-refractivity contribution >= 4 is 6.03 Å². The van der Waals surface area contributed by atoms with E-state index in [9.17, 15) is 4.79 Å². The van der Waals surface area contributed by atoms with Gasteiger partial charge < -0.3 is 19.7 Å². The van der Waals surface area contributed by atoms with Gasteiger partial charge in [-0.3, -0.25) is 0 Å². The molecule has 0 saturated heterocycles. The first-order valence-electron chi connectivity index (χ1n) is 9.47. The minimum atomic E-state index is -0.00371. The van der Waals surface area contributed by atoms with Crippen LogP contribution in [0.15, 0.2) is 42.5 Å². The zero-order valence-corrected chi connectivity index (χ0v) is 16.3. The third-order valence-electron chi connectivity index (χ3n) is 5.21. The third kappa shape index (κ3) is 4.35. The van der Waals surface area contributed by atoms with Gasteiger partial charge in [0.15, 0.2) is 11.5 Å². The van der Waals surface area contributed by atoms with Gasteiger partial charge in [-0.05, 0) is 55.0 Å². The van der Waals surface area contributed by atoms with E-state index in [0.717, 1.165) is 30.6 Å². The van der Waals surface area contributed by atoms with Gasteiger partial charge in [0.05, 0.1) is 20.3 Å². The van der Waals surface area contributed by atoms with Crippen LogP contribution in [0.25, 0.3) is 0 Å². The number of aryl methyl sites for hydroxylation is 1. The Morgan fingerprint density at radius 3 is 2.56 bits per heavy atom. The second kappa shape index (κ2) is 8.80. The van der Waals surface area contributed by atoms with E-state index >= 15 is 0 Å². The van der Waals surface area contributed by atoms with Gasteiger partial charge in [0, 0.05) is 13.1 Å². The number of rotatable bonds is 6. The second-order valence-corrected chi connectivity index (χ2v) is 6.85. The van der Waals surface area contributed by atoms with Gasteiger partial charge in [0.2, 0.25) is 0 Å². The van der Waals surface area contributed by atoms with Crippen LogP contribution >= 0.6 is 0 Å². The topological polar surface area (TPSA) is 50.8 Å². The Kier molecular flexibility index (Phi) is 6.22. The molecule has 0 saturated carbocycles. The van der Waals surface area contributed by atoms with Crippen LogP contribution < -0.4 is 14.8 Å². The summed E-state index contributed by atoms with van der Waals surface area (Å²) in [6.45, 7) is 3.44. The molecule has 144 valence electrons. The number of carbonyl (C=O) groups excluding carboxylic acids is 1. The monoisotopic (exact) mass is 368 g/mol. The summed E-state index contributed by atoms with van der Waals surface area (Å²) >= 11 is 0. The highest BCUT2D eigenvalue weighted by molar-refractivity contribution is 5.75. The number of benzene rings is 2. The average Bonchev–Trinajstić information content (AvgIpc) is 2.71. The number of amides is 2. The molecule has 3 rings (SSSR count). The van der Waals surface area contributed by atoms with E-state index in [-0.39, 0.29) is 12.1 Å². The Balaban J connectivity index is 1.59. The predicted molar refractivity (Wildman–Crippen MR) is 107 cm³/mol. The number of carbonyl (C=O) groups is 1. The van der Waals surface area contributed by atoms with Crippen LogP contribution in [0.3, 0.4) is 0 Å². The Labute approximate surface area is 161 Å². The van der Waals surface area contributed by atoms with Gasteiger partial charge in [0.25, 0.3) is 0 Å². The number of ether oxygens (including phenoxy) is 2. The summed E-state index contributed by atoms with van der Waals surface area (Å²) < 4.78 is 10.8. The number of fused-ring (bicyclic) bond motifs is 1. The number of nitrogens with one attached hydrogen (secondary N) is 1. The van der Waals surface area contributed by atoms with Crippen molar-refractivity contribution < 1.29 is 14.3 Å². The molecule has 0 radical (unpaired) electrons. The Morgan fingerprint density at radius 1 is 1.15 bits per heavy atom. The van der Waals surface area contributed by atoms with E-state index in [2.05, 4.69) is 24.4 Å². The van der Waals surface area contributed by atoms with Crippen molar-refractivity contribution in [3.8, 4) is 11.5 Å². The molecule has 0 spiro atoms. The first-order chi connectivity index (χ1) is 13.1. The molecule has 2 aromatic rings. The van der Waals surface area contributed by atoms with E-state index in [0.29, 0.717) is 18.8 Å². The Bertz CT molecular complexity index is 777. The smallest absolute Gasteiger partial charge is 0.317 e. The van der Waals surface area contributed by atoms with Gasteiger partial charge in [-0.1, -0.05) is 30.3 Å². The summed E-state index contributed by atoms with van der Waals surface area (Å²) in [6.07, 6.45) is 2.72.